The van der Waals surface area contributed by atoms with Crippen LogP contribution >= 0.6 is 11.6 Å². The zero-order valence-electron chi connectivity index (χ0n) is 15.2. The molecule has 1 unspecified atom stereocenters. The predicted octanol–water partition coefficient (Wildman–Crippen LogP) is 4.11. The fourth-order valence-corrected chi connectivity index (χ4v) is 2.99. The summed E-state index contributed by atoms with van der Waals surface area (Å²) in [6.45, 7) is 0.499. The highest BCUT2D eigenvalue weighted by atomic mass is 35.5. The van der Waals surface area contributed by atoms with E-state index in [-0.39, 0.29) is 17.7 Å². The minimum Gasteiger partial charge on any atom is -0.354 e. The van der Waals surface area contributed by atoms with Gasteiger partial charge in [-0.3, -0.25) is 9.59 Å². The Balaban J connectivity index is 1.79. The van der Waals surface area contributed by atoms with Gasteiger partial charge in [0.25, 0.3) is 0 Å². The Labute approximate surface area is 160 Å². The average molecular weight is 373 g/mol. The molecule has 0 saturated carbocycles. The Bertz CT molecular complexity index is 732. The Morgan fingerprint density at radius 1 is 1.04 bits per heavy atom. The van der Waals surface area contributed by atoms with Gasteiger partial charge in [-0.05, 0) is 38.2 Å². The van der Waals surface area contributed by atoms with E-state index in [0.717, 1.165) is 5.56 Å². The summed E-state index contributed by atoms with van der Waals surface area (Å²) in [4.78, 5) is 26.2. The highest BCUT2D eigenvalue weighted by Gasteiger charge is 2.16. The van der Waals surface area contributed by atoms with E-state index >= 15 is 0 Å². The van der Waals surface area contributed by atoms with Crippen LogP contribution in [-0.4, -0.2) is 37.2 Å². The van der Waals surface area contributed by atoms with Crippen LogP contribution in [0.1, 0.15) is 41.2 Å². The number of likely N-dealkylation sites (N-methyl/N-ethyl adjacent to an activating group) is 1. The molecule has 0 aliphatic carbocycles. The molecule has 0 radical (unpaired) electrons. The van der Waals surface area contributed by atoms with Crippen molar-refractivity contribution in [2.45, 2.75) is 25.3 Å². The van der Waals surface area contributed by atoms with Crippen molar-refractivity contribution in [1.29, 1.82) is 0 Å². The molecule has 0 bridgehead atoms. The van der Waals surface area contributed by atoms with Crippen LogP contribution in [0.4, 0.5) is 0 Å². The van der Waals surface area contributed by atoms with Crippen molar-refractivity contribution in [3.8, 4) is 0 Å². The number of carbonyl (C=O) groups is 2. The molecule has 0 saturated heterocycles. The number of hydrogen-bond donors (Lipinski definition) is 1. The number of nitrogens with zero attached hydrogens (tertiary/aromatic N) is 1. The molecule has 2 rings (SSSR count). The molecular formula is C21H25ClN2O2. The fourth-order valence-electron chi connectivity index (χ4n) is 2.79. The Kier molecular flexibility index (Phi) is 7.82. The lowest BCUT2D eigenvalue weighted by Gasteiger charge is -2.25. The second-order valence-corrected chi connectivity index (χ2v) is 6.92. The summed E-state index contributed by atoms with van der Waals surface area (Å²) in [6, 6.07) is 16.9. The van der Waals surface area contributed by atoms with Crippen molar-refractivity contribution in [3.05, 3.63) is 70.7 Å². The molecule has 1 N–H and O–H groups in total. The number of benzene rings is 2. The van der Waals surface area contributed by atoms with Crippen LogP contribution in [-0.2, 0) is 4.79 Å². The van der Waals surface area contributed by atoms with Crippen molar-refractivity contribution in [1.82, 2.24) is 10.2 Å². The Morgan fingerprint density at radius 3 is 2.42 bits per heavy atom. The molecule has 0 fully saturated rings. The largest absolute Gasteiger partial charge is 0.354 e. The molecule has 1 atom stereocenters. The van der Waals surface area contributed by atoms with Crippen molar-refractivity contribution >= 4 is 23.3 Å². The fraction of sp³-hybridized carbons (Fsp3) is 0.333. The third-order valence-corrected chi connectivity index (χ3v) is 4.49. The number of nitrogens with one attached hydrogen (secondary N) is 1. The van der Waals surface area contributed by atoms with Gasteiger partial charge < -0.3 is 10.2 Å². The van der Waals surface area contributed by atoms with Gasteiger partial charge in [0.1, 0.15) is 0 Å². The molecule has 2 aromatic rings. The maximum absolute atomic E-state index is 12.1. The third-order valence-electron chi connectivity index (χ3n) is 4.25. The molecular weight excluding hydrogens is 348 g/mol. The van der Waals surface area contributed by atoms with Crippen LogP contribution in [0.25, 0.3) is 0 Å². The normalized spacial score (nSPS) is 12.0. The summed E-state index contributed by atoms with van der Waals surface area (Å²) in [5.41, 5.74) is 1.75. The highest BCUT2D eigenvalue weighted by Crippen LogP contribution is 2.21. The number of rotatable bonds is 9. The second-order valence-electron chi connectivity index (χ2n) is 6.48. The zero-order chi connectivity index (χ0) is 18.9. The molecule has 5 heteroatoms. The lowest BCUT2D eigenvalue weighted by atomic mass is 10.0. The molecule has 1 amide bonds. The summed E-state index contributed by atoms with van der Waals surface area (Å²) < 4.78 is 0. The molecule has 0 spiro atoms. The number of Topliss-reactive ketones (excluding diaryl/α,β-unsaturated/α-hetero) is 1. The zero-order valence-corrected chi connectivity index (χ0v) is 16.0. The molecule has 0 aliphatic heterocycles. The standard InChI is InChI=1S/C21H25ClN2O2/c1-24(2)19(17-10-6-11-18(22)14-17)15-23-21(26)13-7-12-20(25)16-8-4-3-5-9-16/h3-6,8-11,14,19H,7,12-13,15H2,1-2H3,(H,23,26). The van der Waals surface area contributed by atoms with Gasteiger partial charge in [-0.2, -0.15) is 0 Å². The number of amides is 1. The van der Waals surface area contributed by atoms with E-state index in [1.807, 2.05) is 61.5 Å². The quantitative estimate of drug-likeness (QED) is 0.674. The minimum absolute atomic E-state index is 0.0419. The van der Waals surface area contributed by atoms with Crippen LogP contribution in [0.2, 0.25) is 5.02 Å². The molecule has 138 valence electrons. The van der Waals surface area contributed by atoms with E-state index in [4.69, 9.17) is 11.6 Å². The third kappa shape index (κ3) is 6.28. The lowest BCUT2D eigenvalue weighted by molar-refractivity contribution is -0.121. The van der Waals surface area contributed by atoms with Crippen LogP contribution < -0.4 is 5.32 Å². The summed E-state index contributed by atoms with van der Waals surface area (Å²) in [6.07, 6.45) is 1.26. The van der Waals surface area contributed by atoms with E-state index in [9.17, 15) is 9.59 Å². The summed E-state index contributed by atoms with van der Waals surface area (Å²) in [5, 5.41) is 3.64. The smallest absolute Gasteiger partial charge is 0.220 e. The van der Waals surface area contributed by atoms with E-state index in [2.05, 4.69) is 5.32 Å². The van der Waals surface area contributed by atoms with Gasteiger partial charge in [-0.25, -0.2) is 0 Å². The first-order chi connectivity index (χ1) is 12.5. The monoisotopic (exact) mass is 372 g/mol. The van der Waals surface area contributed by atoms with E-state index < -0.39 is 0 Å². The van der Waals surface area contributed by atoms with Crippen molar-refractivity contribution in [2.24, 2.45) is 0 Å². The minimum atomic E-state index is -0.0419. The SMILES string of the molecule is CN(C)C(CNC(=O)CCCC(=O)c1ccccc1)c1cccc(Cl)c1. The van der Waals surface area contributed by atoms with Crippen molar-refractivity contribution in [2.75, 3.05) is 20.6 Å². The lowest BCUT2D eigenvalue weighted by Crippen LogP contribution is -2.34. The molecule has 0 aliphatic rings. The molecule has 2 aromatic carbocycles. The van der Waals surface area contributed by atoms with Crippen LogP contribution in [0, 0.1) is 0 Å². The molecule has 0 aromatic heterocycles. The Hall–Kier alpha value is -2.17. The maximum Gasteiger partial charge on any atom is 0.220 e. The number of ketones is 1. The van der Waals surface area contributed by atoms with E-state index in [1.54, 1.807) is 12.1 Å². The topological polar surface area (TPSA) is 49.4 Å². The van der Waals surface area contributed by atoms with Gasteiger partial charge in [0.05, 0.1) is 6.04 Å². The Morgan fingerprint density at radius 2 is 1.77 bits per heavy atom. The first kappa shape index (κ1) is 20.1. The van der Waals surface area contributed by atoms with Gasteiger partial charge in [0, 0.05) is 30.0 Å². The average Bonchev–Trinajstić information content (AvgIpc) is 2.62. The molecule has 4 nitrogen and oxygen atoms in total. The molecule has 0 heterocycles. The first-order valence-corrected chi connectivity index (χ1v) is 9.12. The predicted molar refractivity (Wildman–Crippen MR) is 106 cm³/mol. The van der Waals surface area contributed by atoms with Crippen LogP contribution in [0.5, 0.6) is 0 Å². The van der Waals surface area contributed by atoms with Crippen LogP contribution in [0.15, 0.2) is 54.6 Å². The second kappa shape index (κ2) is 10.1. The van der Waals surface area contributed by atoms with Crippen molar-refractivity contribution < 1.29 is 9.59 Å². The van der Waals surface area contributed by atoms with Gasteiger partial charge in [0.15, 0.2) is 5.78 Å². The van der Waals surface area contributed by atoms with E-state index in [0.29, 0.717) is 36.4 Å². The first-order valence-electron chi connectivity index (χ1n) is 8.74. The van der Waals surface area contributed by atoms with Crippen LogP contribution in [0.3, 0.4) is 0 Å². The van der Waals surface area contributed by atoms with E-state index in [1.165, 1.54) is 0 Å². The summed E-state index contributed by atoms with van der Waals surface area (Å²) in [7, 11) is 3.94. The molecule has 26 heavy (non-hydrogen) atoms. The van der Waals surface area contributed by atoms with Gasteiger partial charge in [-0.15, -0.1) is 0 Å². The van der Waals surface area contributed by atoms with Gasteiger partial charge in [-0.1, -0.05) is 54.1 Å². The summed E-state index contributed by atoms with van der Waals surface area (Å²) in [5.74, 6) is 0.0308. The highest BCUT2D eigenvalue weighted by molar-refractivity contribution is 6.30. The van der Waals surface area contributed by atoms with Gasteiger partial charge >= 0.3 is 0 Å². The number of halogens is 1. The maximum atomic E-state index is 12.1. The summed E-state index contributed by atoms with van der Waals surface area (Å²) >= 11 is 6.07. The van der Waals surface area contributed by atoms with Gasteiger partial charge in [0.2, 0.25) is 5.91 Å². The van der Waals surface area contributed by atoms with Crippen molar-refractivity contribution in [3.63, 3.8) is 0 Å². The number of carbonyl (C=O) groups excluding carboxylic acids is 2. The number of hydrogen-bond acceptors (Lipinski definition) is 3.